The molecule has 0 saturated carbocycles. The fourth-order valence-electron chi connectivity index (χ4n) is 2.32. The van der Waals surface area contributed by atoms with Crippen LogP contribution in [0.4, 0.5) is 19.1 Å². The van der Waals surface area contributed by atoms with E-state index in [9.17, 15) is 18.3 Å². The first-order chi connectivity index (χ1) is 10.3. The zero-order valence-corrected chi connectivity index (χ0v) is 11.6. The Morgan fingerprint density at radius 1 is 1.32 bits per heavy atom. The number of halogens is 3. The fourth-order valence-corrected chi connectivity index (χ4v) is 2.32. The van der Waals surface area contributed by atoms with Crippen molar-refractivity contribution in [3.63, 3.8) is 0 Å². The molecular formula is C13H13F3N4O2. The highest BCUT2D eigenvalue weighted by atomic mass is 19.4. The van der Waals surface area contributed by atoms with Crippen LogP contribution in [-0.4, -0.2) is 33.0 Å². The number of hydrogen-bond donors (Lipinski definition) is 1. The second-order valence-electron chi connectivity index (χ2n) is 4.92. The van der Waals surface area contributed by atoms with Crippen LogP contribution in [0.1, 0.15) is 11.4 Å². The van der Waals surface area contributed by atoms with Gasteiger partial charge in [0.1, 0.15) is 18.1 Å². The lowest BCUT2D eigenvalue weighted by molar-refractivity contribution is -0.144. The maximum absolute atomic E-state index is 12.7. The van der Waals surface area contributed by atoms with Crippen molar-refractivity contribution in [3.8, 4) is 11.5 Å². The van der Waals surface area contributed by atoms with Crippen molar-refractivity contribution >= 4 is 5.95 Å². The van der Waals surface area contributed by atoms with Crippen molar-refractivity contribution in [3.05, 3.63) is 29.6 Å². The molecule has 1 aromatic carbocycles. The molecule has 1 aliphatic rings. The molecule has 3 rings (SSSR count). The lowest BCUT2D eigenvalue weighted by Gasteiger charge is -2.19. The van der Waals surface area contributed by atoms with Crippen LogP contribution in [0, 0.1) is 0 Å². The van der Waals surface area contributed by atoms with Crippen molar-refractivity contribution in [1.29, 1.82) is 0 Å². The van der Waals surface area contributed by atoms with E-state index in [1.54, 1.807) is 11.0 Å². The molecule has 22 heavy (non-hydrogen) atoms. The monoisotopic (exact) mass is 314 g/mol. The quantitative estimate of drug-likeness (QED) is 0.871. The highest BCUT2D eigenvalue weighted by Gasteiger charge is 2.37. The number of nitrogens with zero attached hydrogens (tertiary/aromatic N) is 4. The molecule has 9 heteroatoms. The number of fused-ring (bicyclic) bond motifs is 1. The molecule has 0 aliphatic carbocycles. The van der Waals surface area contributed by atoms with Crippen LogP contribution < -0.4 is 9.64 Å². The lowest BCUT2D eigenvalue weighted by atomic mass is 10.2. The summed E-state index contributed by atoms with van der Waals surface area (Å²) in [4.78, 5) is 5.21. The topological polar surface area (TPSA) is 63.4 Å². The van der Waals surface area contributed by atoms with Gasteiger partial charge in [0.15, 0.2) is 0 Å². The average Bonchev–Trinajstić information content (AvgIpc) is 2.70. The molecule has 2 heterocycles. The van der Waals surface area contributed by atoms with Gasteiger partial charge in [-0.05, 0) is 18.2 Å². The van der Waals surface area contributed by atoms with Crippen molar-refractivity contribution in [1.82, 2.24) is 14.8 Å². The van der Waals surface area contributed by atoms with Crippen molar-refractivity contribution < 1.29 is 23.0 Å². The number of ether oxygens (including phenoxy) is 1. The van der Waals surface area contributed by atoms with Crippen LogP contribution >= 0.6 is 0 Å². The van der Waals surface area contributed by atoms with E-state index >= 15 is 0 Å². The first-order valence-corrected chi connectivity index (χ1v) is 6.52. The Morgan fingerprint density at radius 3 is 2.77 bits per heavy atom. The molecule has 0 atom stereocenters. The van der Waals surface area contributed by atoms with Gasteiger partial charge in [0.2, 0.25) is 5.95 Å². The lowest BCUT2D eigenvalue weighted by Crippen LogP contribution is -2.28. The fraction of sp³-hybridized carbons (Fsp3) is 0.385. The van der Waals surface area contributed by atoms with E-state index in [4.69, 9.17) is 4.74 Å². The molecule has 0 radical (unpaired) electrons. The minimum absolute atomic E-state index is 0.0677. The van der Waals surface area contributed by atoms with Gasteiger partial charge in [-0.15, -0.1) is 5.10 Å². The van der Waals surface area contributed by atoms with Crippen LogP contribution in [-0.2, 0) is 19.8 Å². The SMILES string of the molecule is Cn1nc(C(F)(F)F)nc1N1CCOc2ccc(O)cc2C1. The number of alkyl halides is 3. The van der Waals surface area contributed by atoms with Crippen LogP contribution in [0.3, 0.4) is 0 Å². The summed E-state index contributed by atoms with van der Waals surface area (Å²) < 4.78 is 44.7. The summed E-state index contributed by atoms with van der Waals surface area (Å²) in [6.07, 6.45) is -4.59. The maximum atomic E-state index is 12.7. The summed E-state index contributed by atoms with van der Waals surface area (Å²) in [5.41, 5.74) is 0.675. The average molecular weight is 314 g/mol. The van der Waals surface area contributed by atoms with Crippen LogP contribution in [0.5, 0.6) is 11.5 Å². The number of aromatic hydroxyl groups is 1. The summed E-state index contributed by atoms with van der Waals surface area (Å²) in [6, 6.07) is 4.65. The highest BCUT2D eigenvalue weighted by molar-refractivity contribution is 5.44. The van der Waals surface area contributed by atoms with Gasteiger partial charge in [0, 0.05) is 19.2 Å². The van der Waals surface area contributed by atoms with E-state index in [0.29, 0.717) is 24.5 Å². The third kappa shape index (κ3) is 2.66. The summed E-state index contributed by atoms with van der Waals surface area (Å²) in [6.45, 7) is 0.929. The van der Waals surface area contributed by atoms with E-state index in [1.165, 1.54) is 19.2 Å². The molecule has 0 amide bonds. The zero-order chi connectivity index (χ0) is 15.9. The van der Waals surface area contributed by atoms with Crippen LogP contribution in [0.25, 0.3) is 0 Å². The van der Waals surface area contributed by atoms with Crippen molar-refractivity contribution in [2.75, 3.05) is 18.1 Å². The first kappa shape index (κ1) is 14.5. The summed E-state index contributed by atoms with van der Waals surface area (Å²) in [5.74, 6) is -0.407. The maximum Gasteiger partial charge on any atom is 0.453 e. The molecule has 0 spiro atoms. The van der Waals surface area contributed by atoms with Gasteiger partial charge in [-0.2, -0.15) is 18.2 Å². The smallest absolute Gasteiger partial charge is 0.453 e. The Bertz CT molecular complexity index is 699. The molecule has 2 aromatic rings. The molecule has 0 saturated heterocycles. The molecular weight excluding hydrogens is 301 g/mol. The molecule has 1 aliphatic heterocycles. The van der Waals surface area contributed by atoms with E-state index in [-0.39, 0.29) is 18.2 Å². The second-order valence-corrected chi connectivity index (χ2v) is 4.92. The Labute approximate surface area is 123 Å². The third-order valence-corrected chi connectivity index (χ3v) is 3.30. The third-order valence-electron chi connectivity index (χ3n) is 3.30. The number of anilines is 1. The largest absolute Gasteiger partial charge is 0.508 e. The molecule has 1 aromatic heterocycles. The minimum Gasteiger partial charge on any atom is -0.508 e. The van der Waals surface area contributed by atoms with Crippen LogP contribution in [0.2, 0.25) is 0 Å². The second kappa shape index (κ2) is 5.08. The van der Waals surface area contributed by atoms with Gasteiger partial charge in [-0.1, -0.05) is 0 Å². The normalized spacial score (nSPS) is 15.2. The molecule has 0 unspecified atom stereocenters. The Kier molecular flexibility index (Phi) is 3.34. The molecule has 118 valence electrons. The molecule has 0 bridgehead atoms. The van der Waals surface area contributed by atoms with Gasteiger partial charge in [0.25, 0.3) is 5.82 Å². The summed E-state index contributed by atoms with van der Waals surface area (Å²) >= 11 is 0. The van der Waals surface area contributed by atoms with Gasteiger partial charge in [0.05, 0.1) is 6.54 Å². The van der Waals surface area contributed by atoms with Gasteiger partial charge < -0.3 is 14.7 Å². The van der Waals surface area contributed by atoms with E-state index in [2.05, 4.69) is 10.1 Å². The first-order valence-electron chi connectivity index (χ1n) is 6.52. The molecule has 6 nitrogen and oxygen atoms in total. The predicted molar refractivity (Wildman–Crippen MR) is 70.7 cm³/mol. The number of benzene rings is 1. The van der Waals surface area contributed by atoms with Gasteiger partial charge >= 0.3 is 6.18 Å². The summed E-state index contributed by atoms with van der Waals surface area (Å²) in [7, 11) is 1.41. The molecule has 0 fully saturated rings. The van der Waals surface area contributed by atoms with E-state index in [0.717, 1.165) is 4.68 Å². The van der Waals surface area contributed by atoms with Gasteiger partial charge in [-0.25, -0.2) is 4.68 Å². The standard InChI is InChI=1S/C13H13F3N4O2/c1-19-12(17-11(18-19)13(14,15)16)20-4-5-22-10-3-2-9(21)6-8(10)7-20/h2-3,6,21H,4-5,7H2,1H3. The van der Waals surface area contributed by atoms with Crippen molar-refractivity contribution in [2.45, 2.75) is 12.7 Å². The number of phenolic OH excluding ortho intramolecular Hbond substituents is 1. The zero-order valence-electron chi connectivity index (χ0n) is 11.6. The number of rotatable bonds is 1. The van der Waals surface area contributed by atoms with Gasteiger partial charge in [-0.3, -0.25) is 0 Å². The molecule has 1 N–H and O–H groups in total. The van der Waals surface area contributed by atoms with E-state index in [1.807, 2.05) is 0 Å². The Hall–Kier alpha value is -2.45. The summed E-state index contributed by atoms with van der Waals surface area (Å²) in [5, 5.41) is 13.0. The predicted octanol–water partition coefficient (Wildman–Crippen LogP) is 1.94. The number of phenols is 1. The Balaban J connectivity index is 1.94. The van der Waals surface area contributed by atoms with E-state index < -0.39 is 12.0 Å². The van der Waals surface area contributed by atoms with Crippen molar-refractivity contribution in [2.24, 2.45) is 7.05 Å². The highest BCUT2D eigenvalue weighted by Crippen LogP contribution is 2.31. The number of aromatic nitrogens is 3. The van der Waals surface area contributed by atoms with Crippen LogP contribution in [0.15, 0.2) is 18.2 Å². The Morgan fingerprint density at radius 2 is 2.09 bits per heavy atom. The number of aryl methyl sites for hydroxylation is 1. The minimum atomic E-state index is -4.59. The number of hydrogen-bond acceptors (Lipinski definition) is 5.